The van der Waals surface area contributed by atoms with E-state index in [2.05, 4.69) is 39.0 Å². The van der Waals surface area contributed by atoms with Gasteiger partial charge in [-0.3, -0.25) is 0 Å². The SMILES string of the molecule is CC(C1CC1)C(Cl)c1ccc2c(c1)CC(C)(C)O2. The highest BCUT2D eigenvalue weighted by molar-refractivity contribution is 6.21. The van der Waals surface area contributed by atoms with Crippen molar-refractivity contribution in [3.05, 3.63) is 29.3 Å². The molecule has 1 aliphatic carbocycles. The van der Waals surface area contributed by atoms with Crippen molar-refractivity contribution in [2.24, 2.45) is 11.8 Å². The Morgan fingerprint density at radius 2 is 2.06 bits per heavy atom. The van der Waals surface area contributed by atoms with Gasteiger partial charge in [-0.05, 0) is 55.7 Å². The molecule has 1 heterocycles. The molecule has 18 heavy (non-hydrogen) atoms. The van der Waals surface area contributed by atoms with Crippen LogP contribution in [0.4, 0.5) is 0 Å². The van der Waals surface area contributed by atoms with Crippen molar-refractivity contribution in [3.8, 4) is 5.75 Å². The van der Waals surface area contributed by atoms with Gasteiger partial charge in [-0.25, -0.2) is 0 Å². The number of rotatable bonds is 3. The summed E-state index contributed by atoms with van der Waals surface area (Å²) in [7, 11) is 0. The van der Waals surface area contributed by atoms with Crippen LogP contribution < -0.4 is 4.74 Å². The fourth-order valence-corrected chi connectivity index (χ4v) is 3.31. The summed E-state index contributed by atoms with van der Waals surface area (Å²) in [6.45, 7) is 6.55. The van der Waals surface area contributed by atoms with E-state index in [1.54, 1.807) is 0 Å². The molecule has 0 N–H and O–H groups in total. The largest absolute Gasteiger partial charge is 0.487 e. The third-order valence-corrected chi connectivity index (χ3v) is 4.88. The molecule has 1 fully saturated rings. The molecular formula is C16H21ClO. The first-order chi connectivity index (χ1) is 8.46. The number of benzene rings is 1. The van der Waals surface area contributed by atoms with Crippen LogP contribution in [0.15, 0.2) is 18.2 Å². The Bertz CT molecular complexity index is 462. The molecule has 1 aliphatic heterocycles. The van der Waals surface area contributed by atoms with Gasteiger partial charge >= 0.3 is 0 Å². The van der Waals surface area contributed by atoms with Gasteiger partial charge in [0.2, 0.25) is 0 Å². The Hall–Kier alpha value is -0.690. The standard InChI is InChI=1S/C16H21ClO/c1-10(11-4-5-11)15(17)12-6-7-14-13(8-12)9-16(2,3)18-14/h6-8,10-11,15H,4-5,9H2,1-3H3. The second kappa shape index (κ2) is 4.16. The molecule has 3 rings (SSSR count). The van der Waals surface area contributed by atoms with Gasteiger partial charge in [0.05, 0.1) is 5.38 Å². The Labute approximate surface area is 114 Å². The van der Waals surface area contributed by atoms with Gasteiger partial charge in [-0.1, -0.05) is 19.1 Å². The topological polar surface area (TPSA) is 9.23 Å². The molecule has 1 aromatic carbocycles. The maximum Gasteiger partial charge on any atom is 0.123 e. The first kappa shape index (κ1) is 12.3. The van der Waals surface area contributed by atoms with E-state index in [0.29, 0.717) is 5.92 Å². The van der Waals surface area contributed by atoms with Gasteiger partial charge in [0.1, 0.15) is 11.4 Å². The number of fused-ring (bicyclic) bond motifs is 1. The predicted molar refractivity (Wildman–Crippen MR) is 75.3 cm³/mol. The number of hydrogen-bond acceptors (Lipinski definition) is 1. The molecule has 98 valence electrons. The second-order valence-corrected chi connectivity index (χ2v) is 6.97. The maximum atomic E-state index is 6.62. The summed E-state index contributed by atoms with van der Waals surface area (Å²) in [5, 5.41) is 0.145. The summed E-state index contributed by atoms with van der Waals surface area (Å²) in [6, 6.07) is 6.48. The molecule has 0 amide bonds. The van der Waals surface area contributed by atoms with E-state index < -0.39 is 0 Å². The van der Waals surface area contributed by atoms with Crippen molar-refractivity contribution in [1.29, 1.82) is 0 Å². The van der Waals surface area contributed by atoms with E-state index in [-0.39, 0.29) is 11.0 Å². The minimum Gasteiger partial charge on any atom is -0.487 e. The quantitative estimate of drug-likeness (QED) is 0.718. The van der Waals surface area contributed by atoms with Crippen LogP contribution in [0, 0.1) is 11.8 Å². The smallest absolute Gasteiger partial charge is 0.123 e. The predicted octanol–water partition coefficient (Wildman–Crippen LogP) is 4.73. The minimum absolute atomic E-state index is 0.0646. The Balaban J connectivity index is 1.83. The zero-order chi connectivity index (χ0) is 12.9. The Morgan fingerprint density at radius 3 is 2.72 bits per heavy atom. The van der Waals surface area contributed by atoms with Crippen LogP contribution in [-0.4, -0.2) is 5.60 Å². The van der Waals surface area contributed by atoms with Crippen LogP contribution in [0.1, 0.15) is 50.1 Å². The average molecular weight is 265 g/mol. The van der Waals surface area contributed by atoms with Crippen molar-refractivity contribution < 1.29 is 4.74 Å². The highest BCUT2D eigenvalue weighted by atomic mass is 35.5. The van der Waals surface area contributed by atoms with Gasteiger partial charge in [0, 0.05) is 6.42 Å². The lowest BCUT2D eigenvalue weighted by atomic mass is 9.93. The summed E-state index contributed by atoms with van der Waals surface area (Å²) in [5.41, 5.74) is 2.51. The van der Waals surface area contributed by atoms with E-state index in [9.17, 15) is 0 Å². The summed E-state index contributed by atoms with van der Waals surface area (Å²) in [5.74, 6) is 2.46. The third-order valence-electron chi connectivity index (χ3n) is 4.23. The van der Waals surface area contributed by atoms with E-state index in [0.717, 1.165) is 18.1 Å². The van der Waals surface area contributed by atoms with Crippen LogP contribution >= 0.6 is 11.6 Å². The first-order valence-electron chi connectivity index (χ1n) is 6.92. The molecule has 0 bridgehead atoms. The number of hydrogen-bond donors (Lipinski definition) is 0. The van der Waals surface area contributed by atoms with Crippen LogP contribution in [0.2, 0.25) is 0 Å². The molecular weight excluding hydrogens is 244 g/mol. The number of halogens is 1. The van der Waals surface area contributed by atoms with Crippen molar-refractivity contribution in [3.63, 3.8) is 0 Å². The highest BCUT2D eigenvalue weighted by Gasteiger charge is 2.34. The van der Waals surface area contributed by atoms with Gasteiger partial charge in [-0.2, -0.15) is 0 Å². The number of ether oxygens (including phenoxy) is 1. The summed E-state index contributed by atoms with van der Waals surface area (Å²) in [6.07, 6.45) is 3.69. The molecule has 2 unspecified atom stereocenters. The Morgan fingerprint density at radius 1 is 1.33 bits per heavy atom. The second-order valence-electron chi connectivity index (χ2n) is 6.50. The van der Waals surface area contributed by atoms with Crippen molar-refractivity contribution in [2.45, 2.75) is 51.0 Å². The lowest BCUT2D eigenvalue weighted by Gasteiger charge is -2.18. The third kappa shape index (κ3) is 2.25. The van der Waals surface area contributed by atoms with Gasteiger partial charge in [0.15, 0.2) is 0 Å². The van der Waals surface area contributed by atoms with Gasteiger partial charge < -0.3 is 4.74 Å². The van der Waals surface area contributed by atoms with Gasteiger partial charge in [-0.15, -0.1) is 11.6 Å². The number of alkyl halides is 1. The minimum atomic E-state index is -0.0646. The van der Waals surface area contributed by atoms with E-state index in [4.69, 9.17) is 16.3 Å². The monoisotopic (exact) mass is 264 g/mol. The van der Waals surface area contributed by atoms with Crippen LogP contribution in [0.25, 0.3) is 0 Å². The molecule has 1 nitrogen and oxygen atoms in total. The fourth-order valence-electron chi connectivity index (χ4n) is 2.97. The highest BCUT2D eigenvalue weighted by Crippen LogP contribution is 2.46. The molecule has 0 spiro atoms. The maximum absolute atomic E-state index is 6.62. The molecule has 0 aromatic heterocycles. The average Bonchev–Trinajstić information content (AvgIpc) is 3.08. The lowest BCUT2D eigenvalue weighted by molar-refractivity contribution is 0.138. The van der Waals surface area contributed by atoms with Crippen molar-refractivity contribution in [1.82, 2.24) is 0 Å². The van der Waals surface area contributed by atoms with E-state index in [1.165, 1.54) is 24.0 Å². The molecule has 0 radical (unpaired) electrons. The summed E-state index contributed by atoms with van der Waals surface area (Å²) >= 11 is 6.62. The zero-order valence-electron chi connectivity index (χ0n) is 11.4. The normalized spacial score (nSPS) is 24.2. The molecule has 2 heteroatoms. The van der Waals surface area contributed by atoms with E-state index in [1.807, 2.05) is 0 Å². The summed E-state index contributed by atoms with van der Waals surface area (Å²) in [4.78, 5) is 0. The molecule has 2 aliphatic rings. The molecule has 2 atom stereocenters. The summed E-state index contributed by atoms with van der Waals surface area (Å²) < 4.78 is 5.91. The van der Waals surface area contributed by atoms with Crippen molar-refractivity contribution in [2.75, 3.05) is 0 Å². The lowest BCUT2D eigenvalue weighted by Crippen LogP contribution is -2.24. The first-order valence-corrected chi connectivity index (χ1v) is 7.36. The van der Waals surface area contributed by atoms with Crippen LogP contribution in [0.3, 0.4) is 0 Å². The van der Waals surface area contributed by atoms with Crippen LogP contribution in [-0.2, 0) is 6.42 Å². The van der Waals surface area contributed by atoms with Gasteiger partial charge in [0.25, 0.3) is 0 Å². The molecule has 0 saturated heterocycles. The molecule has 1 saturated carbocycles. The molecule has 1 aromatic rings. The zero-order valence-corrected chi connectivity index (χ0v) is 12.1. The fraction of sp³-hybridized carbons (Fsp3) is 0.625. The van der Waals surface area contributed by atoms with Crippen molar-refractivity contribution >= 4 is 11.6 Å². The van der Waals surface area contributed by atoms with E-state index >= 15 is 0 Å². The van der Waals surface area contributed by atoms with Crippen LogP contribution in [0.5, 0.6) is 5.75 Å². The Kier molecular flexibility index (Phi) is 2.85.